The molecule has 3 heteroatoms. The maximum atomic E-state index is 9.82. The predicted octanol–water partition coefficient (Wildman–Crippen LogP) is 2.71. The lowest BCUT2D eigenvalue weighted by Crippen LogP contribution is -2.24. The summed E-state index contributed by atoms with van der Waals surface area (Å²) in [4.78, 5) is 0. The molecule has 2 rings (SSSR count). The molecule has 1 saturated carbocycles. The van der Waals surface area contributed by atoms with Crippen molar-refractivity contribution in [2.45, 2.75) is 37.8 Å². The molecule has 2 atom stereocenters. The van der Waals surface area contributed by atoms with Crippen molar-refractivity contribution in [2.75, 3.05) is 0 Å². The molecule has 2 nitrogen and oxygen atoms in total. The molecule has 3 N–H and O–H groups in total. The van der Waals surface area contributed by atoms with Crippen LogP contribution in [0.15, 0.2) is 22.7 Å². The maximum Gasteiger partial charge on any atom is 0.0938 e. The van der Waals surface area contributed by atoms with Crippen molar-refractivity contribution >= 4 is 15.9 Å². The van der Waals surface area contributed by atoms with E-state index in [1.807, 2.05) is 19.1 Å². The van der Waals surface area contributed by atoms with E-state index >= 15 is 0 Å². The van der Waals surface area contributed by atoms with E-state index in [1.54, 1.807) is 0 Å². The number of aliphatic hydroxyl groups is 1. The Bertz CT molecular complexity index is 361. The largest absolute Gasteiger partial charge is 0.387 e. The molecule has 1 fully saturated rings. The molecule has 0 spiro atoms. The van der Waals surface area contributed by atoms with Gasteiger partial charge in [-0.3, -0.25) is 0 Å². The smallest absolute Gasteiger partial charge is 0.0938 e. The molecule has 0 bridgehead atoms. The van der Waals surface area contributed by atoms with Gasteiger partial charge in [0.05, 0.1) is 6.10 Å². The van der Waals surface area contributed by atoms with Gasteiger partial charge >= 0.3 is 0 Å². The van der Waals surface area contributed by atoms with Crippen molar-refractivity contribution in [1.82, 2.24) is 0 Å². The third-order valence-electron chi connectivity index (χ3n) is 2.88. The summed E-state index contributed by atoms with van der Waals surface area (Å²) in [6.45, 7) is 1.81. The Morgan fingerprint density at radius 3 is 2.60 bits per heavy atom. The number of rotatable bonds is 3. The van der Waals surface area contributed by atoms with Crippen molar-refractivity contribution < 1.29 is 5.11 Å². The van der Waals surface area contributed by atoms with E-state index in [1.165, 1.54) is 18.4 Å². The first-order valence-electron chi connectivity index (χ1n) is 5.32. The van der Waals surface area contributed by atoms with E-state index < -0.39 is 6.10 Å². The summed E-state index contributed by atoms with van der Waals surface area (Å²) in [6.07, 6.45) is 2.00. The van der Waals surface area contributed by atoms with Crippen LogP contribution in [0.2, 0.25) is 0 Å². The van der Waals surface area contributed by atoms with E-state index in [2.05, 4.69) is 22.0 Å². The van der Waals surface area contributed by atoms with Gasteiger partial charge in [-0.15, -0.1) is 0 Å². The third kappa shape index (κ3) is 2.41. The van der Waals surface area contributed by atoms with Crippen LogP contribution in [-0.4, -0.2) is 11.1 Å². The fourth-order valence-corrected chi connectivity index (χ4v) is 2.48. The molecule has 82 valence electrons. The van der Waals surface area contributed by atoms with Crippen LogP contribution in [0, 0.1) is 0 Å². The summed E-state index contributed by atoms with van der Waals surface area (Å²) in [7, 11) is 0. The highest BCUT2D eigenvalue weighted by atomic mass is 79.9. The first-order chi connectivity index (χ1) is 7.09. The predicted molar refractivity (Wildman–Crippen MR) is 64.7 cm³/mol. The molecule has 15 heavy (non-hydrogen) atoms. The second-order valence-corrected chi connectivity index (χ2v) is 5.21. The van der Waals surface area contributed by atoms with E-state index in [9.17, 15) is 5.11 Å². The summed E-state index contributed by atoms with van der Waals surface area (Å²) < 4.78 is 1.10. The van der Waals surface area contributed by atoms with Gasteiger partial charge in [-0.05, 0) is 42.9 Å². The highest BCUT2D eigenvalue weighted by molar-refractivity contribution is 9.10. The van der Waals surface area contributed by atoms with Gasteiger partial charge in [-0.1, -0.05) is 28.1 Å². The molecule has 1 aromatic rings. The zero-order valence-electron chi connectivity index (χ0n) is 8.78. The number of aliphatic hydroxyl groups excluding tert-OH is 1. The third-order valence-corrected chi connectivity index (χ3v) is 3.57. The van der Waals surface area contributed by atoms with E-state index in [-0.39, 0.29) is 6.04 Å². The van der Waals surface area contributed by atoms with E-state index in [4.69, 9.17) is 5.73 Å². The van der Waals surface area contributed by atoms with Crippen LogP contribution >= 0.6 is 15.9 Å². The zero-order valence-corrected chi connectivity index (χ0v) is 10.4. The van der Waals surface area contributed by atoms with Crippen LogP contribution in [0.25, 0.3) is 0 Å². The Morgan fingerprint density at radius 1 is 1.47 bits per heavy atom. The standard InChI is InChI=1S/C12H16BrNO/c1-7(14)12(15)9-4-5-10(8-2-3-8)11(13)6-9/h4-8,12,15H,2-3,14H2,1H3. The maximum absolute atomic E-state index is 9.82. The lowest BCUT2D eigenvalue weighted by atomic mass is 10.0. The Morgan fingerprint density at radius 2 is 2.13 bits per heavy atom. The number of nitrogens with two attached hydrogens (primary N) is 1. The zero-order chi connectivity index (χ0) is 11.0. The lowest BCUT2D eigenvalue weighted by Gasteiger charge is -2.16. The fraction of sp³-hybridized carbons (Fsp3) is 0.500. The normalized spacial score (nSPS) is 20.0. The molecule has 0 heterocycles. The van der Waals surface area contributed by atoms with Gasteiger partial charge in [0.15, 0.2) is 0 Å². The average molecular weight is 270 g/mol. The van der Waals surface area contributed by atoms with Crippen molar-refractivity contribution in [1.29, 1.82) is 0 Å². The molecule has 0 aromatic heterocycles. The van der Waals surface area contributed by atoms with Crippen molar-refractivity contribution in [3.05, 3.63) is 33.8 Å². The summed E-state index contributed by atoms with van der Waals surface area (Å²) in [5, 5.41) is 9.82. The Kier molecular flexibility index (Phi) is 3.14. The van der Waals surface area contributed by atoms with Crippen molar-refractivity contribution in [3.8, 4) is 0 Å². The van der Waals surface area contributed by atoms with Crippen LogP contribution in [0.1, 0.15) is 42.9 Å². The monoisotopic (exact) mass is 269 g/mol. The van der Waals surface area contributed by atoms with Gasteiger partial charge in [0.2, 0.25) is 0 Å². The van der Waals surface area contributed by atoms with Crippen molar-refractivity contribution in [3.63, 3.8) is 0 Å². The van der Waals surface area contributed by atoms with Crippen LogP contribution in [0.4, 0.5) is 0 Å². The van der Waals surface area contributed by atoms with Gasteiger partial charge in [0.1, 0.15) is 0 Å². The van der Waals surface area contributed by atoms with Gasteiger partial charge in [0.25, 0.3) is 0 Å². The molecular formula is C12H16BrNO. The summed E-state index contributed by atoms with van der Waals surface area (Å²) in [5.41, 5.74) is 7.91. The SMILES string of the molecule is CC(N)C(O)c1ccc(C2CC2)c(Br)c1. The second kappa shape index (κ2) is 4.24. The minimum atomic E-state index is -0.574. The van der Waals surface area contributed by atoms with Crippen molar-refractivity contribution in [2.24, 2.45) is 5.73 Å². The fourth-order valence-electron chi connectivity index (χ4n) is 1.76. The topological polar surface area (TPSA) is 46.2 Å². The molecule has 2 unspecified atom stereocenters. The Hall–Kier alpha value is -0.380. The Balaban J connectivity index is 2.24. The first-order valence-corrected chi connectivity index (χ1v) is 6.12. The first kappa shape index (κ1) is 11.1. The average Bonchev–Trinajstić information content (AvgIpc) is 3.00. The second-order valence-electron chi connectivity index (χ2n) is 4.36. The Labute approximate surface area is 98.6 Å². The van der Waals surface area contributed by atoms with E-state index in [0.717, 1.165) is 16.0 Å². The number of hydrogen-bond acceptors (Lipinski definition) is 2. The molecule has 0 radical (unpaired) electrons. The van der Waals surface area contributed by atoms with Gasteiger partial charge in [0, 0.05) is 10.5 Å². The molecule has 0 aliphatic heterocycles. The van der Waals surface area contributed by atoms with Gasteiger partial charge < -0.3 is 10.8 Å². The minimum Gasteiger partial charge on any atom is -0.387 e. The number of benzene rings is 1. The highest BCUT2D eigenvalue weighted by Crippen LogP contribution is 2.43. The molecule has 1 aromatic carbocycles. The van der Waals surface area contributed by atoms with Gasteiger partial charge in [-0.25, -0.2) is 0 Å². The summed E-state index contributed by atoms with van der Waals surface area (Å²) in [5.74, 6) is 0.723. The minimum absolute atomic E-state index is 0.233. The molecule has 0 amide bonds. The van der Waals surface area contributed by atoms with E-state index in [0.29, 0.717) is 0 Å². The van der Waals surface area contributed by atoms with Crippen LogP contribution < -0.4 is 5.73 Å². The summed E-state index contributed by atoms with van der Waals surface area (Å²) >= 11 is 3.55. The van der Waals surface area contributed by atoms with Crippen LogP contribution in [0.3, 0.4) is 0 Å². The lowest BCUT2D eigenvalue weighted by molar-refractivity contribution is 0.153. The molecule has 1 aliphatic rings. The molecule has 0 saturated heterocycles. The quantitative estimate of drug-likeness (QED) is 0.887. The van der Waals surface area contributed by atoms with Gasteiger partial charge in [-0.2, -0.15) is 0 Å². The molecular weight excluding hydrogens is 254 g/mol. The highest BCUT2D eigenvalue weighted by Gasteiger charge is 2.26. The van der Waals surface area contributed by atoms with Crippen LogP contribution in [0.5, 0.6) is 0 Å². The summed E-state index contributed by atoms with van der Waals surface area (Å²) in [6, 6.07) is 5.83. The number of halogens is 1. The van der Waals surface area contributed by atoms with Crippen LogP contribution in [-0.2, 0) is 0 Å². The molecule has 1 aliphatic carbocycles. The number of hydrogen-bond donors (Lipinski definition) is 2.